The largest absolute Gasteiger partial charge is 0.342 e. The summed E-state index contributed by atoms with van der Waals surface area (Å²) in [5.74, 6) is 1.37. The Kier molecular flexibility index (Phi) is 5.58. The molecule has 5 nitrogen and oxygen atoms in total. The molecule has 2 aromatic carbocycles. The van der Waals surface area contributed by atoms with Gasteiger partial charge in [-0.05, 0) is 62.7 Å². The molecular formula is C21H22Cl2N4O. The van der Waals surface area contributed by atoms with Gasteiger partial charge in [-0.15, -0.1) is 0 Å². The molecule has 1 amide bonds. The van der Waals surface area contributed by atoms with E-state index in [0.29, 0.717) is 28.2 Å². The molecule has 0 spiro atoms. The third kappa shape index (κ3) is 4.17. The number of H-pyrrole nitrogens is 1. The average molecular weight is 417 g/mol. The lowest BCUT2D eigenvalue weighted by Gasteiger charge is -2.30. The number of benzene rings is 2. The van der Waals surface area contributed by atoms with E-state index in [4.69, 9.17) is 28.2 Å². The van der Waals surface area contributed by atoms with Gasteiger partial charge in [0.25, 0.3) is 0 Å². The van der Waals surface area contributed by atoms with Crippen molar-refractivity contribution < 1.29 is 4.79 Å². The van der Waals surface area contributed by atoms with Crippen LogP contribution in [-0.4, -0.2) is 40.4 Å². The summed E-state index contributed by atoms with van der Waals surface area (Å²) in [7, 11) is 0. The lowest BCUT2D eigenvalue weighted by molar-refractivity contribution is -0.117. The van der Waals surface area contributed by atoms with E-state index in [1.165, 1.54) is 5.56 Å². The number of fused-ring (bicyclic) bond motifs is 1. The quantitative estimate of drug-likeness (QED) is 0.628. The van der Waals surface area contributed by atoms with Gasteiger partial charge in [-0.2, -0.15) is 0 Å². The Bertz CT molecular complexity index is 1010. The Morgan fingerprint density at radius 1 is 1.25 bits per heavy atom. The van der Waals surface area contributed by atoms with Gasteiger partial charge in [-0.1, -0.05) is 35.3 Å². The number of anilines is 1. The number of carbonyl (C=O) groups excluding carboxylic acids is 1. The van der Waals surface area contributed by atoms with Crippen LogP contribution in [0.4, 0.5) is 5.69 Å². The highest BCUT2D eigenvalue weighted by molar-refractivity contribution is 6.44. The lowest BCUT2D eigenvalue weighted by atomic mass is 9.96. The molecule has 1 aromatic heterocycles. The van der Waals surface area contributed by atoms with E-state index < -0.39 is 0 Å². The summed E-state index contributed by atoms with van der Waals surface area (Å²) < 4.78 is 0. The molecule has 1 aliphatic heterocycles. The number of hydrogen-bond donors (Lipinski definition) is 2. The third-order valence-corrected chi connectivity index (χ3v) is 6.04. The van der Waals surface area contributed by atoms with Crippen molar-refractivity contribution in [3.05, 3.63) is 57.8 Å². The molecule has 4 rings (SSSR count). The number of aryl methyl sites for hydroxylation is 1. The number of likely N-dealkylation sites (tertiary alicyclic amines) is 1. The molecule has 0 bridgehead atoms. The second kappa shape index (κ2) is 8.11. The smallest absolute Gasteiger partial charge is 0.238 e. The summed E-state index contributed by atoms with van der Waals surface area (Å²) in [5.41, 5.74) is 3.88. The number of hydrogen-bond acceptors (Lipinski definition) is 3. The minimum atomic E-state index is -0.0816. The molecule has 2 N–H and O–H groups in total. The normalized spacial score (nSPS) is 15.8. The molecule has 1 aliphatic rings. The van der Waals surface area contributed by atoms with Crippen molar-refractivity contribution in [1.29, 1.82) is 0 Å². The molecule has 0 radical (unpaired) electrons. The van der Waals surface area contributed by atoms with Gasteiger partial charge in [0, 0.05) is 5.92 Å². The molecule has 0 atom stereocenters. The maximum absolute atomic E-state index is 12.4. The van der Waals surface area contributed by atoms with Crippen molar-refractivity contribution in [2.45, 2.75) is 25.7 Å². The maximum atomic E-state index is 12.4. The first-order chi connectivity index (χ1) is 13.5. The number of halogens is 2. The van der Waals surface area contributed by atoms with Crippen molar-refractivity contribution in [1.82, 2.24) is 14.9 Å². The van der Waals surface area contributed by atoms with Crippen molar-refractivity contribution in [3.8, 4) is 0 Å². The van der Waals surface area contributed by atoms with Crippen LogP contribution in [0.2, 0.25) is 10.0 Å². The topological polar surface area (TPSA) is 61.0 Å². The second-order valence-corrected chi connectivity index (χ2v) is 8.13. The summed E-state index contributed by atoms with van der Waals surface area (Å²) in [5, 5.41) is 3.65. The third-order valence-electron chi connectivity index (χ3n) is 5.22. The first-order valence-electron chi connectivity index (χ1n) is 9.42. The summed E-state index contributed by atoms with van der Waals surface area (Å²) in [6, 6.07) is 11.5. The molecule has 28 heavy (non-hydrogen) atoms. The predicted octanol–water partition coefficient (Wildman–Crippen LogP) is 5.00. The summed E-state index contributed by atoms with van der Waals surface area (Å²) in [6.07, 6.45) is 1.95. The van der Waals surface area contributed by atoms with Crippen molar-refractivity contribution in [2.24, 2.45) is 0 Å². The molecule has 1 fully saturated rings. The standard InChI is InChI=1S/C21H22Cl2N4O/c1-13-5-6-16-18(11-13)26-21(25-16)14-7-9-27(10-8-14)12-19(28)24-17-4-2-3-15(22)20(17)23/h2-6,11,14H,7-10,12H2,1H3,(H,24,28)(H,25,26). The van der Waals surface area contributed by atoms with Gasteiger partial charge in [-0.3, -0.25) is 9.69 Å². The number of aromatic amines is 1. The average Bonchev–Trinajstić information content (AvgIpc) is 3.09. The lowest BCUT2D eigenvalue weighted by Crippen LogP contribution is -2.38. The number of aromatic nitrogens is 2. The Morgan fingerprint density at radius 3 is 2.82 bits per heavy atom. The van der Waals surface area contributed by atoms with Crippen LogP contribution >= 0.6 is 23.2 Å². The molecule has 0 unspecified atom stereocenters. The van der Waals surface area contributed by atoms with Gasteiger partial charge in [0.1, 0.15) is 5.82 Å². The van der Waals surface area contributed by atoms with Crippen LogP contribution in [0.5, 0.6) is 0 Å². The minimum Gasteiger partial charge on any atom is -0.342 e. The molecule has 3 aromatic rings. The first kappa shape index (κ1) is 19.2. The zero-order valence-corrected chi connectivity index (χ0v) is 17.1. The van der Waals surface area contributed by atoms with Gasteiger partial charge in [-0.25, -0.2) is 4.98 Å². The van der Waals surface area contributed by atoms with E-state index in [9.17, 15) is 4.79 Å². The van der Waals surface area contributed by atoms with Crippen molar-refractivity contribution in [3.63, 3.8) is 0 Å². The number of rotatable bonds is 4. The van der Waals surface area contributed by atoms with Gasteiger partial charge in [0.2, 0.25) is 5.91 Å². The molecule has 1 saturated heterocycles. The maximum Gasteiger partial charge on any atom is 0.238 e. The highest BCUT2D eigenvalue weighted by Gasteiger charge is 2.24. The number of imidazole rings is 1. The minimum absolute atomic E-state index is 0.0816. The van der Waals surface area contributed by atoms with Crippen LogP contribution in [0.3, 0.4) is 0 Å². The monoisotopic (exact) mass is 416 g/mol. The zero-order valence-electron chi connectivity index (χ0n) is 15.6. The summed E-state index contributed by atoms with van der Waals surface area (Å²) in [4.78, 5) is 22.8. The fourth-order valence-electron chi connectivity index (χ4n) is 3.69. The van der Waals surface area contributed by atoms with E-state index in [-0.39, 0.29) is 5.91 Å². The number of nitrogens with one attached hydrogen (secondary N) is 2. The van der Waals surface area contributed by atoms with Gasteiger partial charge in [0.15, 0.2) is 0 Å². The van der Waals surface area contributed by atoms with Crippen LogP contribution in [0.25, 0.3) is 11.0 Å². The Hall–Kier alpha value is -2.08. The van der Waals surface area contributed by atoms with Crippen LogP contribution in [-0.2, 0) is 4.79 Å². The number of piperidine rings is 1. The molecule has 0 saturated carbocycles. The second-order valence-electron chi connectivity index (χ2n) is 7.34. The zero-order chi connectivity index (χ0) is 19.7. The molecule has 146 valence electrons. The molecule has 7 heteroatoms. The highest BCUT2D eigenvalue weighted by Crippen LogP contribution is 2.30. The number of nitrogens with zero attached hydrogens (tertiary/aromatic N) is 2. The molecule has 2 heterocycles. The fraction of sp³-hybridized carbons (Fsp3) is 0.333. The van der Waals surface area contributed by atoms with E-state index in [0.717, 1.165) is 42.8 Å². The summed E-state index contributed by atoms with van der Waals surface area (Å²) in [6.45, 7) is 4.14. The van der Waals surface area contributed by atoms with Gasteiger partial charge >= 0.3 is 0 Å². The van der Waals surface area contributed by atoms with Crippen molar-refractivity contribution in [2.75, 3.05) is 25.0 Å². The Balaban J connectivity index is 1.33. The highest BCUT2D eigenvalue weighted by atomic mass is 35.5. The Morgan fingerprint density at radius 2 is 2.04 bits per heavy atom. The first-order valence-corrected chi connectivity index (χ1v) is 10.2. The molecular weight excluding hydrogens is 395 g/mol. The van der Waals surface area contributed by atoms with E-state index in [1.54, 1.807) is 18.2 Å². The van der Waals surface area contributed by atoms with Gasteiger partial charge < -0.3 is 10.3 Å². The van der Waals surface area contributed by atoms with Crippen LogP contribution in [0.15, 0.2) is 36.4 Å². The van der Waals surface area contributed by atoms with Gasteiger partial charge in [0.05, 0.1) is 33.3 Å². The van der Waals surface area contributed by atoms with Crippen molar-refractivity contribution >= 4 is 45.8 Å². The SMILES string of the molecule is Cc1ccc2nc(C3CCN(CC(=O)Nc4cccc(Cl)c4Cl)CC3)[nH]c2c1. The fourth-order valence-corrected chi connectivity index (χ4v) is 4.04. The number of amides is 1. The van der Waals surface area contributed by atoms with E-state index in [2.05, 4.69) is 40.3 Å². The van der Waals surface area contributed by atoms with E-state index in [1.807, 2.05) is 0 Å². The molecule has 0 aliphatic carbocycles. The van der Waals surface area contributed by atoms with Crippen LogP contribution in [0, 0.1) is 6.92 Å². The van der Waals surface area contributed by atoms with Crippen LogP contribution in [0.1, 0.15) is 30.1 Å². The van der Waals surface area contributed by atoms with Crippen LogP contribution < -0.4 is 5.32 Å². The van der Waals surface area contributed by atoms with E-state index >= 15 is 0 Å². The Labute approximate surface area is 174 Å². The summed E-state index contributed by atoms with van der Waals surface area (Å²) >= 11 is 12.1. The predicted molar refractivity (Wildman–Crippen MR) is 114 cm³/mol. The number of carbonyl (C=O) groups is 1.